The summed E-state index contributed by atoms with van der Waals surface area (Å²) < 4.78 is 5.13. The Labute approximate surface area is 141 Å². The molecular weight excluding hydrogens is 316 g/mol. The number of carbonyl (C=O) groups is 1. The molecule has 126 valence electrons. The fraction of sp³-hybridized carbons (Fsp3) is 0.588. The molecule has 1 heterocycles. The lowest BCUT2D eigenvalue weighted by Gasteiger charge is -2.43. The number of carbonyl (C=O) groups excluding carboxylic acids is 1. The highest BCUT2D eigenvalue weighted by Crippen LogP contribution is 2.45. The quantitative estimate of drug-likeness (QED) is 0.743. The van der Waals surface area contributed by atoms with Crippen LogP contribution in [0, 0.1) is 5.41 Å². The highest BCUT2D eigenvalue weighted by Gasteiger charge is 2.41. The molecule has 0 aromatic heterocycles. The van der Waals surface area contributed by atoms with Gasteiger partial charge < -0.3 is 20.5 Å². The number of halogens is 1. The lowest BCUT2D eigenvalue weighted by Crippen LogP contribution is -2.55. The maximum Gasteiger partial charge on any atom is 0.314 e. The van der Waals surface area contributed by atoms with Gasteiger partial charge in [-0.05, 0) is 24.5 Å². The van der Waals surface area contributed by atoms with E-state index in [0.29, 0.717) is 26.3 Å². The molecule has 1 aromatic rings. The predicted molar refractivity (Wildman–Crippen MR) is 88.7 cm³/mol. The van der Waals surface area contributed by atoms with Gasteiger partial charge in [-0.15, -0.1) is 0 Å². The minimum Gasteiger partial charge on any atom is -0.396 e. The van der Waals surface area contributed by atoms with Crippen LogP contribution in [0.25, 0.3) is 0 Å². The molecule has 2 fully saturated rings. The fourth-order valence-electron chi connectivity index (χ4n) is 3.26. The monoisotopic (exact) mass is 338 g/mol. The average Bonchev–Trinajstić information content (AvgIpc) is 2.47. The van der Waals surface area contributed by atoms with E-state index in [1.54, 1.807) is 0 Å². The molecule has 0 spiro atoms. The summed E-state index contributed by atoms with van der Waals surface area (Å²) in [5.41, 5.74) is 0.755. The molecule has 3 rings (SSSR count). The van der Waals surface area contributed by atoms with Crippen LogP contribution in [0.15, 0.2) is 24.3 Å². The molecule has 0 radical (unpaired) electrons. The van der Waals surface area contributed by atoms with E-state index in [4.69, 9.17) is 16.3 Å². The molecule has 2 amide bonds. The third kappa shape index (κ3) is 3.32. The van der Waals surface area contributed by atoms with Crippen LogP contribution in [-0.4, -0.2) is 44.0 Å². The Morgan fingerprint density at radius 1 is 1.22 bits per heavy atom. The summed E-state index contributed by atoms with van der Waals surface area (Å²) in [6, 6.07) is 7.66. The number of benzene rings is 1. The zero-order valence-corrected chi connectivity index (χ0v) is 13.9. The van der Waals surface area contributed by atoms with Gasteiger partial charge in [-0.25, -0.2) is 4.79 Å². The zero-order valence-electron chi connectivity index (χ0n) is 13.1. The topological polar surface area (TPSA) is 70.6 Å². The molecule has 1 saturated heterocycles. The van der Waals surface area contributed by atoms with Gasteiger partial charge in [0.05, 0.1) is 25.2 Å². The first-order valence-electron chi connectivity index (χ1n) is 8.05. The van der Waals surface area contributed by atoms with E-state index in [9.17, 15) is 9.90 Å². The first-order valence-corrected chi connectivity index (χ1v) is 8.42. The molecule has 6 heteroatoms. The smallest absolute Gasteiger partial charge is 0.314 e. The van der Waals surface area contributed by atoms with Gasteiger partial charge in [0, 0.05) is 23.5 Å². The lowest BCUT2D eigenvalue weighted by atomic mass is 9.64. The van der Waals surface area contributed by atoms with E-state index >= 15 is 0 Å². The van der Waals surface area contributed by atoms with Crippen molar-refractivity contribution < 1.29 is 14.6 Å². The van der Waals surface area contributed by atoms with Gasteiger partial charge in [0.15, 0.2) is 0 Å². The Morgan fingerprint density at radius 2 is 1.91 bits per heavy atom. The third-order valence-corrected chi connectivity index (χ3v) is 5.45. The zero-order chi connectivity index (χ0) is 16.3. The number of ether oxygens (including phenoxy) is 1. The first kappa shape index (κ1) is 16.6. The summed E-state index contributed by atoms with van der Waals surface area (Å²) in [6.45, 7) is 2.01. The molecule has 1 saturated carbocycles. The summed E-state index contributed by atoms with van der Waals surface area (Å²) in [5, 5.41) is 15.9. The lowest BCUT2D eigenvalue weighted by molar-refractivity contribution is -0.132. The van der Waals surface area contributed by atoms with Crippen LogP contribution < -0.4 is 10.6 Å². The maximum atomic E-state index is 12.1. The van der Waals surface area contributed by atoms with Gasteiger partial charge in [-0.3, -0.25) is 0 Å². The van der Waals surface area contributed by atoms with Crippen LogP contribution in [-0.2, 0) is 10.2 Å². The standard InChI is InChI=1S/C17H23ClN2O3/c18-14-5-2-1-4-13(14)17(6-3-7-17)9-20-15(22)19-8-16(10-21)11-23-12-16/h1-2,4-5,21H,3,6-12H2,(H2,19,20,22). The molecule has 1 aliphatic heterocycles. The SMILES string of the molecule is O=C(NCC1(CO)COC1)NCC1(c2ccccc2Cl)CCC1. The largest absolute Gasteiger partial charge is 0.396 e. The second-order valence-electron chi connectivity index (χ2n) is 6.80. The Balaban J connectivity index is 1.54. The van der Waals surface area contributed by atoms with Crippen molar-refractivity contribution in [3.8, 4) is 0 Å². The molecule has 0 bridgehead atoms. The predicted octanol–water partition coefficient (Wildman–Crippen LogP) is 2.07. The minimum atomic E-state index is -0.311. The van der Waals surface area contributed by atoms with E-state index in [-0.39, 0.29) is 23.5 Å². The van der Waals surface area contributed by atoms with Crippen LogP contribution in [0.1, 0.15) is 24.8 Å². The number of hydrogen-bond acceptors (Lipinski definition) is 3. The van der Waals surface area contributed by atoms with Gasteiger partial charge in [0.25, 0.3) is 0 Å². The number of hydrogen-bond donors (Lipinski definition) is 3. The molecule has 1 aliphatic carbocycles. The molecule has 23 heavy (non-hydrogen) atoms. The molecular formula is C17H23ClN2O3. The second-order valence-corrected chi connectivity index (χ2v) is 7.21. The summed E-state index contributed by atoms with van der Waals surface area (Å²) in [6.07, 6.45) is 3.22. The van der Waals surface area contributed by atoms with Crippen molar-refractivity contribution in [2.45, 2.75) is 24.7 Å². The van der Waals surface area contributed by atoms with Crippen molar-refractivity contribution in [3.63, 3.8) is 0 Å². The maximum absolute atomic E-state index is 12.1. The number of urea groups is 1. The van der Waals surface area contributed by atoms with Crippen LogP contribution in [0.4, 0.5) is 4.79 Å². The fourth-order valence-corrected chi connectivity index (χ4v) is 3.59. The normalized spacial score (nSPS) is 21.0. The van der Waals surface area contributed by atoms with Crippen LogP contribution >= 0.6 is 11.6 Å². The number of nitrogens with one attached hydrogen (secondary N) is 2. The Hall–Kier alpha value is -1.30. The van der Waals surface area contributed by atoms with Gasteiger partial charge in [0.1, 0.15) is 0 Å². The van der Waals surface area contributed by atoms with Crippen molar-refractivity contribution in [3.05, 3.63) is 34.9 Å². The van der Waals surface area contributed by atoms with Gasteiger partial charge in [0.2, 0.25) is 0 Å². The molecule has 0 unspecified atom stereocenters. The average molecular weight is 339 g/mol. The van der Waals surface area contributed by atoms with Crippen LogP contribution in [0.2, 0.25) is 5.02 Å². The molecule has 5 nitrogen and oxygen atoms in total. The Kier molecular flexibility index (Phi) is 4.80. The highest BCUT2D eigenvalue weighted by atomic mass is 35.5. The number of rotatable bonds is 6. The van der Waals surface area contributed by atoms with Crippen molar-refractivity contribution in [2.75, 3.05) is 32.9 Å². The molecule has 2 aliphatic rings. The summed E-state index contributed by atoms with van der Waals surface area (Å²) in [5.74, 6) is 0. The van der Waals surface area contributed by atoms with E-state index < -0.39 is 0 Å². The molecule has 0 atom stereocenters. The summed E-state index contributed by atoms with van der Waals surface area (Å²) >= 11 is 6.33. The van der Waals surface area contributed by atoms with E-state index in [1.165, 1.54) is 0 Å². The van der Waals surface area contributed by atoms with Crippen molar-refractivity contribution >= 4 is 17.6 Å². The van der Waals surface area contributed by atoms with Crippen molar-refractivity contribution in [1.82, 2.24) is 10.6 Å². The summed E-state index contributed by atoms with van der Waals surface area (Å²) in [4.78, 5) is 12.1. The molecule has 1 aromatic carbocycles. The molecule has 3 N–H and O–H groups in total. The van der Waals surface area contributed by atoms with Crippen molar-refractivity contribution in [1.29, 1.82) is 0 Å². The van der Waals surface area contributed by atoms with Gasteiger partial charge in [-0.2, -0.15) is 0 Å². The van der Waals surface area contributed by atoms with E-state index in [1.807, 2.05) is 24.3 Å². The number of aliphatic hydroxyl groups excluding tert-OH is 1. The second kappa shape index (κ2) is 6.67. The number of amides is 2. The minimum absolute atomic E-state index is 0.0246. The third-order valence-electron chi connectivity index (χ3n) is 5.12. The van der Waals surface area contributed by atoms with Gasteiger partial charge >= 0.3 is 6.03 Å². The Morgan fingerprint density at radius 3 is 2.43 bits per heavy atom. The van der Waals surface area contributed by atoms with Crippen molar-refractivity contribution in [2.24, 2.45) is 5.41 Å². The first-order chi connectivity index (χ1) is 11.1. The van der Waals surface area contributed by atoms with E-state index in [2.05, 4.69) is 10.6 Å². The number of aliphatic hydroxyl groups is 1. The highest BCUT2D eigenvalue weighted by molar-refractivity contribution is 6.31. The summed E-state index contributed by atoms with van der Waals surface area (Å²) in [7, 11) is 0. The van der Waals surface area contributed by atoms with E-state index in [0.717, 1.165) is 29.8 Å². The Bertz CT molecular complexity index is 565. The van der Waals surface area contributed by atoms with Gasteiger partial charge in [-0.1, -0.05) is 36.2 Å². The van der Waals surface area contributed by atoms with Crippen LogP contribution in [0.5, 0.6) is 0 Å². The van der Waals surface area contributed by atoms with Crippen LogP contribution in [0.3, 0.4) is 0 Å².